The number of nitrogens with one attached hydrogen (secondary N) is 1. The Kier molecular flexibility index (Phi) is 3.98. The topological polar surface area (TPSA) is 67.6 Å². The summed E-state index contributed by atoms with van der Waals surface area (Å²) >= 11 is 0. The lowest BCUT2D eigenvalue weighted by Gasteiger charge is -2.49. The van der Waals surface area contributed by atoms with E-state index in [0.29, 0.717) is 17.7 Å². The fraction of sp³-hybridized carbons (Fsp3) is 0.444. The van der Waals surface area contributed by atoms with Gasteiger partial charge in [0.15, 0.2) is 0 Å². The number of aromatic nitrogens is 1. The standard InChI is InChI=1S/C18H21N3O3/c1-12-16(13-7-9-21(12)10-8-13)20-17(22)18-19-11-15(24-18)23-14-5-3-2-4-6-14/h2-6,11-13,16H,7-10H2,1H3,(H,20,22). The van der Waals surface area contributed by atoms with Gasteiger partial charge >= 0.3 is 11.9 Å². The van der Waals surface area contributed by atoms with Gasteiger partial charge in [0, 0.05) is 12.1 Å². The van der Waals surface area contributed by atoms with Gasteiger partial charge in [-0.2, -0.15) is 0 Å². The van der Waals surface area contributed by atoms with Gasteiger partial charge in [0.2, 0.25) is 0 Å². The summed E-state index contributed by atoms with van der Waals surface area (Å²) in [5, 5.41) is 3.10. The average molecular weight is 327 g/mol. The molecule has 0 aliphatic carbocycles. The Bertz CT molecular complexity index is 705. The Hall–Kier alpha value is -2.34. The summed E-state index contributed by atoms with van der Waals surface area (Å²) in [4.78, 5) is 18.9. The molecule has 1 aromatic heterocycles. The van der Waals surface area contributed by atoms with Crippen LogP contribution in [0.5, 0.6) is 11.7 Å². The summed E-state index contributed by atoms with van der Waals surface area (Å²) in [6.45, 7) is 4.44. The van der Waals surface area contributed by atoms with Crippen molar-refractivity contribution in [3.05, 3.63) is 42.4 Å². The largest absolute Gasteiger partial charge is 0.425 e. The van der Waals surface area contributed by atoms with E-state index in [1.54, 1.807) is 0 Å². The quantitative estimate of drug-likeness (QED) is 0.935. The first kappa shape index (κ1) is 15.2. The second-order valence-corrected chi connectivity index (χ2v) is 6.51. The van der Waals surface area contributed by atoms with Crippen LogP contribution in [0, 0.1) is 5.92 Å². The number of oxazole rings is 1. The van der Waals surface area contributed by atoms with Crippen molar-refractivity contribution in [1.82, 2.24) is 15.2 Å². The van der Waals surface area contributed by atoms with E-state index in [2.05, 4.69) is 22.1 Å². The SMILES string of the molecule is CC1C(NC(=O)c2ncc(Oc3ccccc3)o2)C2CCN1CC2. The second-order valence-electron chi connectivity index (χ2n) is 6.51. The number of carbonyl (C=O) groups is 1. The number of para-hydroxylation sites is 1. The van der Waals surface area contributed by atoms with Crippen molar-refractivity contribution in [2.75, 3.05) is 13.1 Å². The van der Waals surface area contributed by atoms with E-state index in [0.717, 1.165) is 25.9 Å². The molecular formula is C18H21N3O3. The third-order valence-corrected chi connectivity index (χ3v) is 5.12. The molecule has 2 bridgehead atoms. The molecule has 3 saturated heterocycles. The molecule has 2 atom stereocenters. The van der Waals surface area contributed by atoms with Crippen molar-refractivity contribution < 1.29 is 13.9 Å². The molecule has 6 heteroatoms. The molecular weight excluding hydrogens is 306 g/mol. The number of fused-ring (bicyclic) bond motifs is 3. The number of rotatable bonds is 4. The van der Waals surface area contributed by atoms with Gasteiger partial charge in [-0.1, -0.05) is 18.2 Å². The fourth-order valence-corrected chi connectivity index (χ4v) is 3.77. The minimum Gasteiger partial charge on any atom is -0.425 e. The van der Waals surface area contributed by atoms with Crippen molar-refractivity contribution >= 4 is 5.91 Å². The number of nitrogens with zero attached hydrogens (tertiary/aromatic N) is 2. The van der Waals surface area contributed by atoms with Crippen LogP contribution in [-0.4, -0.2) is 41.0 Å². The lowest BCUT2D eigenvalue weighted by Crippen LogP contribution is -2.62. The van der Waals surface area contributed by atoms with Crippen LogP contribution in [-0.2, 0) is 0 Å². The predicted molar refractivity (Wildman–Crippen MR) is 88.0 cm³/mol. The molecule has 0 spiro atoms. The van der Waals surface area contributed by atoms with Crippen molar-refractivity contribution in [2.45, 2.75) is 31.8 Å². The highest BCUT2D eigenvalue weighted by Crippen LogP contribution is 2.32. The van der Waals surface area contributed by atoms with Crippen LogP contribution in [0.25, 0.3) is 0 Å². The van der Waals surface area contributed by atoms with E-state index in [-0.39, 0.29) is 23.8 Å². The molecule has 5 rings (SSSR count). The molecule has 1 aromatic carbocycles. The monoisotopic (exact) mass is 327 g/mol. The number of carbonyl (C=O) groups excluding carboxylic acids is 1. The van der Waals surface area contributed by atoms with Gasteiger partial charge in [-0.15, -0.1) is 0 Å². The van der Waals surface area contributed by atoms with Crippen LogP contribution < -0.4 is 10.1 Å². The third-order valence-electron chi connectivity index (χ3n) is 5.12. The van der Waals surface area contributed by atoms with Gasteiger partial charge in [-0.25, -0.2) is 4.98 Å². The summed E-state index contributed by atoms with van der Waals surface area (Å²) in [6.07, 6.45) is 3.72. The van der Waals surface area contributed by atoms with E-state index < -0.39 is 0 Å². The molecule has 3 aliphatic heterocycles. The molecule has 1 amide bonds. The highest BCUT2D eigenvalue weighted by Gasteiger charge is 2.40. The zero-order valence-corrected chi connectivity index (χ0v) is 13.6. The molecule has 24 heavy (non-hydrogen) atoms. The normalized spacial score (nSPS) is 28.5. The van der Waals surface area contributed by atoms with E-state index in [1.807, 2.05) is 30.3 Å². The number of benzene rings is 1. The Morgan fingerprint density at radius 3 is 2.75 bits per heavy atom. The van der Waals surface area contributed by atoms with Crippen molar-refractivity contribution in [3.8, 4) is 11.7 Å². The Morgan fingerprint density at radius 2 is 2.04 bits per heavy atom. The first-order chi connectivity index (χ1) is 11.7. The highest BCUT2D eigenvalue weighted by atomic mass is 16.6. The second kappa shape index (κ2) is 6.28. The molecule has 2 unspecified atom stereocenters. The maximum atomic E-state index is 12.5. The van der Waals surface area contributed by atoms with Gasteiger partial charge in [-0.05, 0) is 50.9 Å². The van der Waals surface area contributed by atoms with Crippen molar-refractivity contribution in [3.63, 3.8) is 0 Å². The number of amides is 1. The summed E-state index contributed by atoms with van der Waals surface area (Å²) in [5.41, 5.74) is 0. The Labute approximate surface area is 140 Å². The number of hydrogen-bond donors (Lipinski definition) is 1. The first-order valence-corrected chi connectivity index (χ1v) is 8.44. The van der Waals surface area contributed by atoms with Crippen LogP contribution in [0.15, 0.2) is 40.9 Å². The van der Waals surface area contributed by atoms with E-state index >= 15 is 0 Å². The molecule has 0 saturated carbocycles. The van der Waals surface area contributed by atoms with Crippen molar-refractivity contribution in [1.29, 1.82) is 0 Å². The lowest BCUT2D eigenvalue weighted by molar-refractivity contribution is 0.0209. The Balaban J connectivity index is 1.42. The summed E-state index contributed by atoms with van der Waals surface area (Å²) < 4.78 is 11.0. The molecule has 6 nitrogen and oxygen atoms in total. The highest BCUT2D eigenvalue weighted by molar-refractivity contribution is 5.90. The molecule has 4 heterocycles. The lowest BCUT2D eigenvalue weighted by atomic mass is 9.79. The van der Waals surface area contributed by atoms with Crippen LogP contribution >= 0.6 is 0 Å². The fourth-order valence-electron chi connectivity index (χ4n) is 3.77. The van der Waals surface area contributed by atoms with Gasteiger partial charge in [0.05, 0.1) is 0 Å². The smallest absolute Gasteiger partial charge is 0.311 e. The third kappa shape index (κ3) is 2.89. The average Bonchev–Trinajstić information content (AvgIpc) is 3.08. The zero-order valence-electron chi connectivity index (χ0n) is 13.6. The Morgan fingerprint density at radius 1 is 1.29 bits per heavy atom. The van der Waals surface area contributed by atoms with Crippen LogP contribution in [0.2, 0.25) is 0 Å². The van der Waals surface area contributed by atoms with Gasteiger partial charge in [0.25, 0.3) is 5.89 Å². The summed E-state index contributed by atoms with van der Waals surface area (Å²) in [6, 6.07) is 9.79. The molecule has 1 N–H and O–H groups in total. The van der Waals surface area contributed by atoms with Crippen LogP contribution in [0.1, 0.15) is 30.5 Å². The number of hydrogen-bond acceptors (Lipinski definition) is 5. The predicted octanol–water partition coefficient (Wildman–Crippen LogP) is 2.68. The van der Waals surface area contributed by atoms with E-state index in [4.69, 9.17) is 9.15 Å². The number of piperidine rings is 3. The van der Waals surface area contributed by atoms with E-state index in [1.165, 1.54) is 6.20 Å². The van der Waals surface area contributed by atoms with Crippen LogP contribution in [0.3, 0.4) is 0 Å². The maximum absolute atomic E-state index is 12.5. The maximum Gasteiger partial charge on any atom is 0.311 e. The molecule has 0 radical (unpaired) electrons. The minimum absolute atomic E-state index is 0.0459. The van der Waals surface area contributed by atoms with E-state index in [9.17, 15) is 4.79 Å². The van der Waals surface area contributed by atoms with Gasteiger partial charge in [0.1, 0.15) is 11.9 Å². The summed E-state index contributed by atoms with van der Waals surface area (Å²) in [5.74, 6) is 1.18. The van der Waals surface area contributed by atoms with Crippen LogP contribution in [0.4, 0.5) is 0 Å². The molecule has 2 aromatic rings. The van der Waals surface area contributed by atoms with Gasteiger partial charge in [-0.3, -0.25) is 9.69 Å². The minimum atomic E-state index is -0.275. The zero-order chi connectivity index (χ0) is 16.5. The first-order valence-electron chi connectivity index (χ1n) is 8.44. The summed E-state index contributed by atoms with van der Waals surface area (Å²) in [7, 11) is 0. The van der Waals surface area contributed by atoms with Crippen molar-refractivity contribution in [2.24, 2.45) is 5.92 Å². The molecule has 126 valence electrons. The molecule has 3 aliphatic rings. The molecule has 3 fully saturated rings. The number of ether oxygens (including phenoxy) is 1. The van der Waals surface area contributed by atoms with Gasteiger partial charge < -0.3 is 14.5 Å².